The lowest BCUT2D eigenvalue weighted by atomic mass is 10.1. The number of aryl methyl sites for hydroxylation is 1. The van der Waals surface area contributed by atoms with E-state index in [2.05, 4.69) is 10.6 Å². The minimum absolute atomic E-state index is 0.538. The Hall–Kier alpha value is -2.76. The minimum Gasteiger partial charge on any atom is -0.326 e. The third kappa shape index (κ3) is 4.60. The number of halogens is 2. The van der Waals surface area contributed by atoms with Crippen LogP contribution in [0.1, 0.15) is 18.9 Å². The van der Waals surface area contributed by atoms with Crippen LogP contribution in [-0.2, 0) is 16.0 Å². The first-order valence-corrected chi connectivity index (χ1v) is 7.12. The Kier molecular flexibility index (Phi) is 5.41. The molecule has 6 heteroatoms. The minimum atomic E-state index is -0.895. The van der Waals surface area contributed by atoms with Crippen molar-refractivity contribution in [3.05, 3.63) is 59.7 Å². The molecule has 0 saturated carbocycles. The molecule has 2 aromatic carbocycles. The topological polar surface area (TPSA) is 58.2 Å². The van der Waals surface area contributed by atoms with Gasteiger partial charge in [0.15, 0.2) is 0 Å². The molecule has 0 saturated heterocycles. The van der Waals surface area contributed by atoms with Gasteiger partial charge in [-0.25, -0.2) is 8.78 Å². The molecule has 2 amide bonds. The highest BCUT2D eigenvalue weighted by Crippen LogP contribution is 2.18. The Morgan fingerprint density at radius 2 is 1.48 bits per heavy atom. The van der Waals surface area contributed by atoms with Crippen LogP contribution in [0, 0.1) is 11.6 Å². The van der Waals surface area contributed by atoms with Crippen molar-refractivity contribution in [1.82, 2.24) is 0 Å². The monoisotopic (exact) mass is 318 g/mol. The average molecular weight is 318 g/mol. The van der Waals surface area contributed by atoms with E-state index in [0.717, 1.165) is 24.1 Å². The maximum atomic E-state index is 13.4. The van der Waals surface area contributed by atoms with E-state index >= 15 is 0 Å². The van der Waals surface area contributed by atoms with E-state index in [1.165, 1.54) is 6.07 Å². The average Bonchev–Trinajstić information content (AvgIpc) is 2.51. The fourth-order valence-corrected chi connectivity index (χ4v) is 1.98. The smallest absolute Gasteiger partial charge is 0.233 e. The van der Waals surface area contributed by atoms with Gasteiger partial charge >= 0.3 is 0 Å². The van der Waals surface area contributed by atoms with Gasteiger partial charge in [-0.1, -0.05) is 25.1 Å². The van der Waals surface area contributed by atoms with Crippen molar-refractivity contribution in [3.8, 4) is 0 Å². The van der Waals surface area contributed by atoms with Crippen molar-refractivity contribution in [2.24, 2.45) is 0 Å². The van der Waals surface area contributed by atoms with E-state index in [-0.39, 0.29) is 0 Å². The van der Waals surface area contributed by atoms with Gasteiger partial charge in [0.05, 0.1) is 0 Å². The Balaban J connectivity index is 1.93. The van der Waals surface area contributed by atoms with Crippen LogP contribution in [-0.4, -0.2) is 11.8 Å². The molecule has 2 rings (SSSR count). The maximum absolute atomic E-state index is 13.4. The lowest BCUT2D eigenvalue weighted by Crippen LogP contribution is -2.22. The summed E-state index contributed by atoms with van der Waals surface area (Å²) in [5, 5.41) is 4.62. The molecular formula is C17H16F2N2O2. The van der Waals surface area contributed by atoms with Crippen molar-refractivity contribution < 1.29 is 18.4 Å². The predicted octanol–water partition coefficient (Wildman–Crippen LogP) is 3.49. The first-order chi connectivity index (χ1) is 11.0. The fourth-order valence-electron chi connectivity index (χ4n) is 1.98. The summed E-state index contributed by atoms with van der Waals surface area (Å²) in [6.45, 7) is 2.01. The number of rotatable bonds is 5. The Morgan fingerprint density at radius 1 is 0.913 bits per heavy atom. The van der Waals surface area contributed by atoms with Crippen molar-refractivity contribution in [2.75, 3.05) is 10.6 Å². The second-order valence-electron chi connectivity index (χ2n) is 4.92. The standard InChI is InChI=1S/C17H16F2N2O2/c1-2-11-6-8-12(9-7-11)20-15(22)10-16(23)21-17-13(18)4-3-5-14(17)19/h3-9H,2,10H2,1H3,(H,20,22)(H,21,23). The van der Waals surface area contributed by atoms with Crippen molar-refractivity contribution >= 4 is 23.2 Å². The summed E-state index contributed by atoms with van der Waals surface area (Å²) < 4.78 is 26.8. The SMILES string of the molecule is CCc1ccc(NC(=O)CC(=O)Nc2c(F)cccc2F)cc1. The molecule has 0 spiro atoms. The largest absolute Gasteiger partial charge is 0.326 e. The molecule has 0 fully saturated rings. The number of nitrogens with one attached hydrogen (secondary N) is 2. The zero-order valence-electron chi connectivity index (χ0n) is 12.5. The predicted molar refractivity (Wildman–Crippen MR) is 84.1 cm³/mol. The van der Waals surface area contributed by atoms with Crippen LogP contribution in [0.3, 0.4) is 0 Å². The summed E-state index contributed by atoms with van der Waals surface area (Å²) in [6.07, 6.45) is 0.341. The molecule has 120 valence electrons. The van der Waals surface area contributed by atoms with Crippen LogP contribution in [0.15, 0.2) is 42.5 Å². The summed E-state index contributed by atoms with van der Waals surface area (Å²) in [5.74, 6) is -3.15. The molecular weight excluding hydrogens is 302 g/mol. The van der Waals surface area contributed by atoms with Gasteiger partial charge in [0.2, 0.25) is 11.8 Å². The molecule has 2 aromatic rings. The van der Waals surface area contributed by atoms with Gasteiger partial charge in [-0.15, -0.1) is 0 Å². The molecule has 0 aromatic heterocycles. The molecule has 2 N–H and O–H groups in total. The summed E-state index contributed by atoms with van der Waals surface area (Å²) in [4.78, 5) is 23.5. The van der Waals surface area contributed by atoms with E-state index in [1.54, 1.807) is 12.1 Å². The zero-order valence-corrected chi connectivity index (χ0v) is 12.5. The number of para-hydroxylation sites is 1. The van der Waals surface area contributed by atoms with Crippen LogP contribution in [0.4, 0.5) is 20.2 Å². The van der Waals surface area contributed by atoms with Crippen LogP contribution >= 0.6 is 0 Å². The second kappa shape index (κ2) is 7.49. The highest BCUT2D eigenvalue weighted by molar-refractivity contribution is 6.08. The normalized spacial score (nSPS) is 10.2. The lowest BCUT2D eigenvalue weighted by Gasteiger charge is -2.08. The quantitative estimate of drug-likeness (QED) is 0.829. The number of benzene rings is 2. The molecule has 23 heavy (non-hydrogen) atoms. The zero-order chi connectivity index (χ0) is 16.8. The Labute approximate surface area is 132 Å². The molecule has 4 nitrogen and oxygen atoms in total. The van der Waals surface area contributed by atoms with Crippen LogP contribution in [0.5, 0.6) is 0 Å². The van der Waals surface area contributed by atoms with E-state index in [0.29, 0.717) is 5.69 Å². The van der Waals surface area contributed by atoms with Gasteiger partial charge in [-0.3, -0.25) is 9.59 Å². The summed E-state index contributed by atoms with van der Waals surface area (Å²) in [5.41, 5.74) is 1.12. The van der Waals surface area contributed by atoms with Gasteiger partial charge in [-0.2, -0.15) is 0 Å². The first-order valence-electron chi connectivity index (χ1n) is 7.12. The van der Waals surface area contributed by atoms with Crippen LogP contribution in [0.2, 0.25) is 0 Å². The maximum Gasteiger partial charge on any atom is 0.233 e. The van der Waals surface area contributed by atoms with Crippen LogP contribution in [0.25, 0.3) is 0 Å². The molecule has 0 bridgehead atoms. The van der Waals surface area contributed by atoms with Crippen molar-refractivity contribution in [2.45, 2.75) is 19.8 Å². The first kappa shape index (κ1) is 16.6. The molecule has 0 aliphatic carbocycles. The Morgan fingerprint density at radius 3 is 2.04 bits per heavy atom. The number of amides is 2. The number of anilines is 2. The van der Waals surface area contributed by atoms with Gasteiger partial charge < -0.3 is 10.6 Å². The lowest BCUT2D eigenvalue weighted by molar-refractivity contribution is -0.123. The highest BCUT2D eigenvalue weighted by Gasteiger charge is 2.15. The molecule has 0 aliphatic heterocycles. The second-order valence-corrected chi connectivity index (χ2v) is 4.92. The number of hydrogen-bond acceptors (Lipinski definition) is 2. The molecule has 0 radical (unpaired) electrons. The summed E-state index contributed by atoms with van der Waals surface area (Å²) >= 11 is 0. The third-order valence-corrected chi connectivity index (χ3v) is 3.19. The van der Waals surface area contributed by atoms with Crippen molar-refractivity contribution in [1.29, 1.82) is 0 Å². The van der Waals surface area contributed by atoms with Crippen LogP contribution < -0.4 is 10.6 Å². The van der Waals surface area contributed by atoms with E-state index in [1.807, 2.05) is 19.1 Å². The number of hydrogen-bond donors (Lipinski definition) is 2. The van der Waals surface area contributed by atoms with Gasteiger partial charge in [0.1, 0.15) is 23.7 Å². The highest BCUT2D eigenvalue weighted by atomic mass is 19.1. The summed E-state index contributed by atoms with van der Waals surface area (Å²) in [7, 11) is 0. The van der Waals surface area contributed by atoms with E-state index in [4.69, 9.17) is 0 Å². The molecule has 0 atom stereocenters. The number of carbonyl (C=O) groups excluding carboxylic acids is 2. The summed E-state index contributed by atoms with van der Waals surface area (Å²) in [6, 6.07) is 10.4. The number of carbonyl (C=O) groups is 2. The fraction of sp³-hybridized carbons (Fsp3) is 0.176. The van der Waals surface area contributed by atoms with Gasteiger partial charge in [0.25, 0.3) is 0 Å². The van der Waals surface area contributed by atoms with Gasteiger partial charge in [0, 0.05) is 5.69 Å². The van der Waals surface area contributed by atoms with Crippen molar-refractivity contribution in [3.63, 3.8) is 0 Å². The Bertz CT molecular complexity index is 695. The molecule has 0 heterocycles. The van der Waals surface area contributed by atoms with E-state index in [9.17, 15) is 18.4 Å². The third-order valence-electron chi connectivity index (χ3n) is 3.19. The van der Waals surface area contributed by atoms with E-state index < -0.39 is 35.6 Å². The molecule has 0 unspecified atom stereocenters. The van der Waals surface area contributed by atoms with Gasteiger partial charge in [-0.05, 0) is 36.2 Å². The molecule has 0 aliphatic rings.